The monoisotopic (exact) mass is 378 g/mol. The van der Waals surface area contributed by atoms with Crippen LogP contribution < -0.4 is 10.5 Å². The van der Waals surface area contributed by atoms with Crippen molar-refractivity contribution in [2.45, 2.75) is 43.4 Å². The second-order valence-electron chi connectivity index (χ2n) is 5.51. The van der Waals surface area contributed by atoms with Crippen molar-refractivity contribution in [1.29, 1.82) is 0 Å². The standard InChI is InChI=1S/C14H20BrFN2O2S/c15-12-8-11(17)9-13(14(12)16)21(19,20)18-7-6-10-4-2-1-3-5-10/h8-10,18H,1-7,17H2. The minimum atomic E-state index is -3.87. The number of nitrogens with one attached hydrogen (secondary N) is 1. The van der Waals surface area contributed by atoms with E-state index < -0.39 is 20.7 Å². The zero-order chi connectivity index (χ0) is 15.5. The van der Waals surface area contributed by atoms with Crippen LogP contribution in [0.15, 0.2) is 21.5 Å². The molecule has 118 valence electrons. The van der Waals surface area contributed by atoms with Crippen LogP contribution in [0.1, 0.15) is 38.5 Å². The molecule has 0 bridgehead atoms. The third-order valence-electron chi connectivity index (χ3n) is 3.88. The highest BCUT2D eigenvalue weighted by atomic mass is 79.9. The molecule has 0 spiro atoms. The van der Waals surface area contributed by atoms with E-state index in [-0.39, 0.29) is 10.2 Å². The Kier molecular flexibility index (Phi) is 5.62. The molecule has 1 fully saturated rings. The average Bonchev–Trinajstić information content (AvgIpc) is 2.43. The van der Waals surface area contributed by atoms with Gasteiger partial charge in [-0.2, -0.15) is 0 Å². The van der Waals surface area contributed by atoms with Gasteiger partial charge in [0.15, 0.2) is 5.82 Å². The molecule has 2 rings (SSSR count). The summed E-state index contributed by atoms with van der Waals surface area (Å²) in [6, 6.07) is 2.49. The average molecular weight is 379 g/mol. The molecular weight excluding hydrogens is 359 g/mol. The smallest absolute Gasteiger partial charge is 0.243 e. The largest absolute Gasteiger partial charge is 0.399 e. The molecule has 1 aromatic carbocycles. The highest BCUT2D eigenvalue weighted by Gasteiger charge is 2.22. The van der Waals surface area contributed by atoms with Crippen LogP contribution in [-0.2, 0) is 10.0 Å². The lowest BCUT2D eigenvalue weighted by molar-refractivity contribution is 0.339. The van der Waals surface area contributed by atoms with E-state index in [9.17, 15) is 12.8 Å². The van der Waals surface area contributed by atoms with E-state index in [1.807, 2.05) is 0 Å². The molecule has 1 saturated carbocycles. The third-order valence-corrected chi connectivity index (χ3v) is 5.91. The van der Waals surface area contributed by atoms with Gasteiger partial charge in [-0.3, -0.25) is 0 Å². The second-order valence-corrected chi connectivity index (χ2v) is 8.10. The molecular formula is C14H20BrFN2O2S. The van der Waals surface area contributed by atoms with E-state index >= 15 is 0 Å². The van der Waals surface area contributed by atoms with Crippen LogP contribution in [0.5, 0.6) is 0 Å². The fourth-order valence-electron chi connectivity index (χ4n) is 2.73. The van der Waals surface area contributed by atoms with Crippen LogP contribution in [0.25, 0.3) is 0 Å². The first-order valence-corrected chi connectivity index (χ1v) is 9.42. The molecule has 21 heavy (non-hydrogen) atoms. The van der Waals surface area contributed by atoms with E-state index in [4.69, 9.17) is 5.73 Å². The van der Waals surface area contributed by atoms with Crippen LogP contribution in [0.3, 0.4) is 0 Å². The van der Waals surface area contributed by atoms with Crippen molar-refractivity contribution in [1.82, 2.24) is 4.72 Å². The van der Waals surface area contributed by atoms with Crippen LogP contribution in [0.2, 0.25) is 0 Å². The van der Waals surface area contributed by atoms with Gasteiger partial charge < -0.3 is 5.73 Å². The molecule has 7 heteroatoms. The van der Waals surface area contributed by atoms with Crippen LogP contribution in [0.4, 0.5) is 10.1 Å². The minimum absolute atomic E-state index is 0.0511. The highest BCUT2D eigenvalue weighted by molar-refractivity contribution is 9.10. The van der Waals surface area contributed by atoms with Gasteiger partial charge in [-0.1, -0.05) is 32.1 Å². The topological polar surface area (TPSA) is 72.2 Å². The fourth-order valence-corrected chi connectivity index (χ4v) is 4.52. The Labute approximate surface area is 133 Å². The normalized spacial score (nSPS) is 17.0. The number of hydrogen-bond acceptors (Lipinski definition) is 3. The first-order chi connectivity index (χ1) is 9.90. The van der Waals surface area contributed by atoms with Crippen LogP contribution >= 0.6 is 15.9 Å². The maximum atomic E-state index is 13.9. The molecule has 1 aliphatic carbocycles. The Morgan fingerprint density at radius 2 is 1.95 bits per heavy atom. The quantitative estimate of drug-likeness (QED) is 0.770. The number of sulfonamides is 1. The maximum absolute atomic E-state index is 13.9. The summed E-state index contributed by atoms with van der Waals surface area (Å²) >= 11 is 2.97. The van der Waals surface area contributed by atoms with E-state index in [2.05, 4.69) is 20.7 Å². The summed E-state index contributed by atoms with van der Waals surface area (Å²) in [7, 11) is -3.87. The molecule has 0 atom stereocenters. The zero-order valence-electron chi connectivity index (χ0n) is 11.7. The van der Waals surface area contributed by atoms with Crippen molar-refractivity contribution in [3.8, 4) is 0 Å². The van der Waals surface area contributed by atoms with Gasteiger partial charge in [0.2, 0.25) is 10.0 Å². The molecule has 0 aromatic heterocycles. The predicted octanol–water partition coefficient (Wildman–Crippen LogP) is 3.42. The number of anilines is 1. The molecule has 0 aliphatic heterocycles. The third kappa shape index (κ3) is 4.40. The Balaban J connectivity index is 2.01. The Hall–Kier alpha value is -0.660. The number of benzene rings is 1. The Morgan fingerprint density at radius 1 is 1.29 bits per heavy atom. The number of nitrogen functional groups attached to an aromatic ring is 1. The summed E-state index contributed by atoms with van der Waals surface area (Å²) < 4.78 is 40.8. The maximum Gasteiger partial charge on any atom is 0.243 e. The predicted molar refractivity (Wildman–Crippen MR) is 84.9 cm³/mol. The van der Waals surface area contributed by atoms with Crippen molar-refractivity contribution in [2.75, 3.05) is 12.3 Å². The van der Waals surface area contributed by atoms with E-state index in [0.29, 0.717) is 12.5 Å². The molecule has 3 N–H and O–H groups in total. The number of nitrogens with two attached hydrogens (primary N) is 1. The van der Waals surface area contributed by atoms with Gasteiger partial charge in [-0.05, 0) is 40.4 Å². The lowest BCUT2D eigenvalue weighted by atomic mass is 9.87. The molecule has 0 heterocycles. The summed E-state index contributed by atoms with van der Waals surface area (Å²) in [5.74, 6) is -0.242. The molecule has 0 radical (unpaired) electrons. The number of hydrogen-bond donors (Lipinski definition) is 2. The lowest BCUT2D eigenvalue weighted by Gasteiger charge is -2.21. The summed E-state index contributed by atoms with van der Waals surface area (Å²) in [5, 5.41) is 0. The van der Waals surface area contributed by atoms with Gasteiger partial charge in [-0.15, -0.1) is 0 Å². The SMILES string of the molecule is Nc1cc(Br)c(F)c(S(=O)(=O)NCCC2CCCCC2)c1. The summed E-state index contributed by atoms with van der Waals surface area (Å²) in [4.78, 5) is -0.405. The van der Waals surface area contributed by atoms with Gasteiger partial charge in [0.1, 0.15) is 4.90 Å². The number of halogens is 2. The van der Waals surface area contributed by atoms with Crippen molar-refractivity contribution >= 4 is 31.6 Å². The second kappa shape index (κ2) is 7.07. The molecule has 1 aromatic rings. The summed E-state index contributed by atoms with van der Waals surface area (Å²) in [6.07, 6.45) is 6.80. The summed E-state index contributed by atoms with van der Waals surface area (Å²) in [5.41, 5.74) is 5.79. The van der Waals surface area contributed by atoms with Crippen molar-refractivity contribution < 1.29 is 12.8 Å². The van der Waals surface area contributed by atoms with Gasteiger partial charge in [0, 0.05) is 12.2 Å². The Bertz CT molecular complexity index is 601. The Morgan fingerprint density at radius 3 is 2.62 bits per heavy atom. The van der Waals surface area contributed by atoms with Crippen molar-refractivity contribution in [2.24, 2.45) is 5.92 Å². The molecule has 0 unspecified atom stereocenters. The van der Waals surface area contributed by atoms with Gasteiger partial charge in [-0.25, -0.2) is 17.5 Å². The van der Waals surface area contributed by atoms with Gasteiger partial charge >= 0.3 is 0 Å². The zero-order valence-corrected chi connectivity index (χ0v) is 14.1. The number of rotatable bonds is 5. The lowest BCUT2D eigenvalue weighted by Crippen LogP contribution is -2.27. The van der Waals surface area contributed by atoms with Crippen molar-refractivity contribution in [3.63, 3.8) is 0 Å². The molecule has 0 amide bonds. The van der Waals surface area contributed by atoms with Crippen molar-refractivity contribution in [3.05, 3.63) is 22.4 Å². The van der Waals surface area contributed by atoms with E-state index in [0.717, 1.165) is 25.3 Å². The van der Waals surface area contributed by atoms with Crippen LogP contribution in [-0.4, -0.2) is 15.0 Å². The summed E-state index contributed by atoms with van der Waals surface area (Å²) in [6.45, 7) is 0.332. The van der Waals surface area contributed by atoms with Gasteiger partial charge in [0.05, 0.1) is 4.47 Å². The molecule has 4 nitrogen and oxygen atoms in total. The first kappa shape index (κ1) is 16.7. The fraction of sp³-hybridized carbons (Fsp3) is 0.571. The first-order valence-electron chi connectivity index (χ1n) is 7.14. The molecule has 0 saturated heterocycles. The van der Waals surface area contributed by atoms with Gasteiger partial charge in [0.25, 0.3) is 0 Å². The highest BCUT2D eigenvalue weighted by Crippen LogP contribution is 2.27. The molecule has 1 aliphatic rings. The van der Waals surface area contributed by atoms with Crippen LogP contribution in [0, 0.1) is 11.7 Å². The van der Waals surface area contributed by atoms with E-state index in [1.165, 1.54) is 25.3 Å². The van der Waals surface area contributed by atoms with E-state index in [1.54, 1.807) is 0 Å². The minimum Gasteiger partial charge on any atom is -0.399 e.